The molecule has 0 spiro atoms. The lowest BCUT2D eigenvalue weighted by Gasteiger charge is -2.30. The molecule has 1 fully saturated rings. The molecule has 8 heteroatoms. The van der Waals surface area contributed by atoms with E-state index >= 15 is 0 Å². The van der Waals surface area contributed by atoms with Crippen LogP contribution >= 0.6 is 11.8 Å². The summed E-state index contributed by atoms with van der Waals surface area (Å²) in [7, 11) is 1.50. The van der Waals surface area contributed by atoms with Gasteiger partial charge in [-0.05, 0) is 43.9 Å². The third-order valence-electron chi connectivity index (χ3n) is 5.07. The van der Waals surface area contributed by atoms with E-state index in [1.807, 2.05) is 37.3 Å². The lowest BCUT2D eigenvalue weighted by Crippen LogP contribution is -2.31. The molecule has 7 nitrogen and oxygen atoms in total. The van der Waals surface area contributed by atoms with Crippen LogP contribution in [0.15, 0.2) is 35.4 Å². The molecule has 1 aromatic carbocycles. The van der Waals surface area contributed by atoms with Gasteiger partial charge < -0.3 is 16.4 Å². The Balaban J connectivity index is 0.00000166. The smallest absolute Gasteiger partial charge is 0.235 e. The number of anilines is 1. The van der Waals surface area contributed by atoms with Gasteiger partial charge in [-0.15, -0.1) is 0 Å². The number of carbonyl (C=O) groups is 1. The number of nitrogens with zero attached hydrogens (tertiary/aromatic N) is 4. The molecule has 0 radical (unpaired) electrons. The minimum absolute atomic E-state index is 0.358. The maximum absolute atomic E-state index is 12.2. The van der Waals surface area contributed by atoms with Gasteiger partial charge in [-0.3, -0.25) is 4.79 Å². The minimum Gasteiger partial charge on any atom is -0.368 e. The van der Waals surface area contributed by atoms with Crippen molar-refractivity contribution < 1.29 is 4.79 Å². The first-order chi connectivity index (χ1) is 15.1. The molecular formula is C23H28N6OS. The fourth-order valence-corrected chi connectivity index (χ4v) is 4.69. The average Bonchev–Trinajstić information content (AvgIpc) is 2.83. The highest BCUT2D eigenvalue weighted by molar-refractivity contribution is 8.00. The number of carbonyl (C=O) groups excluding carboxylic acids is 1. The van der Waals surface area contributed by atoms with Gasteiger partial charge in [-0.25, -0.2) is 4.98 Å². The first kappa shape index (κ1) is 24.2. The molecule has 1 amide bonds. The number of primary amides is 1. The molecule has 1 atom stereocenters. The fraction of sp³-hybridized carbons (Fsp3) is 0.391. The zero-order valence-electron chi connectivity index (χ0n) is 18.0. The van der Waals surface area contributed by atoms with Gasteiger partial charge >= 0.3 is 0 Å². The monoisotopic (exact) mass is 436 g/mol. The Morgan fingerprint density at radius 2 is 1.74 bits per heavy atom. The summed E-state index contributed by atoms with van der Waals surface area (Å²) in [6, 6.07) is 13.7. The molecule has 0 bridgehead atoms. The molecule has 0 aliphatic carbocycles. The highest BCUT2D eigenvalue weighted by Crippen LogP contribution is 2.39. The van der Waals surface area contributed by atoms with Crippen LogP contribution < -0.4 is 16.4 Å². The van der Waals surface area contributed by atoms with E-state index in [1.165, 1.54) is 18.8 Å². The number of rotatable bonds is 6. The van der Waals surface area contributed by atoms with Gasteiger partial charge in [0.05, 0.1) is 11.1 Å². The molecule has 2 aromatic rings. The third kappa shape index (κ3) is 5.55. The number of hydrogen-bond acceptors (Lipinski definition) is 7. The number of thioether (sulfide) groups is 1. The molecule has 1 unspecified atom stereocenters. The lowest BCUT2D eigenvalue weighted by molar-refractivity contribution is -0.117. The number of piperidine rings is 1. The van der Waals surface area contributed by atoms with Crippen LogP contribution in [0.1, 0.15) is 53.7 Å². The molecule has 1 aliphatic rings. The number of nitrogens with two attached hydrogens (primary N) is 2. The summed E-state index contributed by atoms with van der Waals surface area (Å²) in [5.41, 5.74) is 12.5. The molecule has 31 heavy (non-hydrogen) atoms. The van der Waals surface area contributed by atoms with Crippen LogP contribution in [0.5, 0.6) is 0 Å². The van der Waals surface area contributed by atoms with Crippen molar-refractivity contribution in [2.45, 2.75) is 42.9 Å². The quantitative estimate of drug-likeness (QED) is 0.664. The van der Waals surface area contributed by atoms with Gasteiger partial charge in [0.15, 0.2) is 0 Å². The van der Waals surface area contributed by atoms with Crippen molar-refractivity contribution in [1.29, 1.82) is 10.5 Å². The lowest BCUT2D eigenvalue weighted by atomic mass is 10.0. The van der Waals surface area contributed by atoms with Crippen molar-refractivity contribution in [3.63, 3.8) is 0 Å². The van der Waals surface area contributed by atoms with Crippen LogP contribution in [-0.2, 0) is 11.2 Å². The van der Waals surface area contributed by atoms with Crippen LogP contribution in [-0.4, -0.2) is 31.0 Å². The van der Waals surface area contributed by atoms with Crippen molar-refractivity contribution in [2.24, 2.45) is 11.5 Å². The van der Waals surface area contributed by atoms with Crippen molar-refractivity contribution in [3.8, 4) is 12.1 Å². The molecule has 4 N–H and O–H groups in total. The van der Waals surface area contributed by atoms with E-state index in [-0.39, 0.29) is 0 Å². The van der Waals surface area contributed by atoms with Crippen LogP contribution in [0.4, 0.5) is 5.82 Å². The first-order valence-corrected chi connectivity index (χ1v) is 11.2. The maximum Gasteiger partial charge on any atom is 0.235 e. The zero-order chi connectivity index (χ0) is 22.8. The Kier molecular flexibility index (Phi) is 9.33. The summed E-state index contributed by atoms with van der Waals surface area (Å²) in [6.07, 6.45) is 3.79. The number of amides is 1. The third-order valence-corrected chi connectivity index (χ3v) is 6.33. The SMILES string of the molecule is CCc1c(C#N)c(SC(C(N)=O)c2ccccc2)nc(N2CCCCC2)c1C#N.CN. The van der Waals surface area contributed by atoms with Crippen LogP contribution in [0.2, 0.25) is 0 Å². The van der Waals surface area contributed by atoms with Crippen LogP contribution in [0.3, 0.4) is 0 Å². The Hall–Kier alpha value is -3.07. The molecule has 1 aromatic heterocycles. The number of nitriles is 2. The Bertz CT molecular complexity index is 974. The summed E-state index contributed by atoms with van der Waals surface area (Å²) >= 11 is 1.18. The van der Waals surface area contributed by atoms with Crippen molar-refractivity contribution >= 4 is 23.5 Å². The topological polar surface area (TPSA) is 133 Å². The van der Waals surface area contributed by atoms with E-state index in [0.29, 0.717) is 34.0 Å². The van der Waals surface area contributed by atoms with E-state index in [4.69, 9.17) is 10.7 Å². The number of aromatic nitrogens is 1. The van der Waals surface area contributed by atoms with Crippen LogP contribution in [0, 0.1) is 22.7 Å². The first-order valence-electron chi connectivity index (χ1n) is 10.3. The molecule has 0 saturated carbocycles. The maximum atomic E-state index is 12.2. The Labute approximate surface area is 188 Å². The van der Waals surface area contributed by atoms with E-state index < -0.39 is 11.2 Å². The van der Waals surface area contributed by atoms with Gasteiger partial charge in [0.1, 0.15) is 28.2 Å². The summed E-state index contributed by atoms with van der Waals surface area (Å²) in [5, 5.41) is 19.4. The number of pyridine rings is 1. The molecule has 3 rings (SSSR count). The zero-order valence-corrected chi connectivity index (χ0v) is 18.8. The van der Waals surface area contributed by atoms with Crippen molar-refractivity contribution in [1.82, 2.24) is 4.98 Å². The van der Waals surface area contributed by atoms with Gasteiger partial charge in [0, 0.05) is 13.1 Å². The highest BCUT2D eigenvalue weighted by atomic mass is 32.2. The molecule has 1 saturated heterocycles. The number of hydrogen-bond donors (Lipinski definition) is 2. The van der Waals surface area contributed by atoms with E-state index in [0.717, 1.165) is 37.9 Å². The van der Waals surface area contributed by atoms with E-state index in [2.05, 4.69) is 22.8 Å². The summed E-state index contributed by atoms with van der Waals surface area (Å²) in [5.74, 6) is 0.121. The van der Waals surface area contributed by atoms with Crippen molar-refractivity contribution in [3.05, 3.63) is 52.6 Å². The van der Waals surface area contributed by atoms with Crippen LogP contribution in [0.25, 0.3) is 0 Å². The van der Waals surface area contributed by atoms with Gasteiger partial charge in [-0.2, -0.15) is 10.5 Å². The van der Waals surface area contributed by atoms with E-state index in [9.17, 15) is 15.3 Å². The highest BCUT2D eigenvalue weighted by Gasteiger charge is 2.27. The predicted octanol–water partition coefficient (Wildman–Crippen LogP) is 3.27. The minimum atomic E-state index is -0.664. The van der Waals surface area contributed by atoms with Gasteiger partial charge in [-0.1, -0.05) is 49.0 Å². The van der Waals surface area contributed by atoms with Gasteiger partial charge in [0.25, 0.3) is 0 Å². The Morgan fingerprint density at radius 1 is 1.13 bits per heavy atom. The normalized spacial score (nSPS) is 13.9. The second-order valence-corrected chi connectivity index (χ2v) is 8.00. The van der Waals surface area contributed by atoms with E-state index in [1.54, 1.807) is 0 Å². The molecule has 162 valence electrons. The van der Waals surface area contributed by atoms with Crippen molar-refractivity contribution in [2.75, 3.05) is 25.0 Å². The largest absolute Gasteiger partial charge is 0.368 e. The second-order valence-electron chi connectivity index (χ2n) is 6.90. The number of benzene rings is 1. The summed E-state index contributed by atoms with van der Waals surface area (Å²) < 4.78 is 0. The fourth-order valence-electron chi connectivity index (χ4n) is 3.63. The molecule has 2 heterocycles. The average molecular weight is 437 g/mol. The summed E-state index contributed by atoms with van der Waals surface area (Å²) in [6.45, 7) is 3.59. The Morgan fingerprint density at radius 3 is 2.26 bits per heavy atom. The second kappa shape index (κ2) is 11.9. The van der Waals surface area contributed by atoms with Gasteiger partial charge in [0.2, 0.25) is 5.91 Å². The molecular weight excluding hydrogens is 408 g/mol. The summed E-state index contributed by atoms with van der Waals surface area (Å²) in [4.78, 5) is 19.0. The molecule has 1 aliphatic heterocycles. The predicted molar refractivity (Wildman–Crippen MR) is 123 cm³/mol. The standard InChI is InChI=1S/C22H23N5OS.CH5N/c1-2-16-17(13-23)21(27-11-7-4-8-12-27)26-22(18(16)14-24)29-19(20(25)28)15-9-5-3-6-10-15;1-2/h3,5-6,9-10,19H,2,4,7-8,11-12H2,1H3,(H2,25,28);2H2,1H3.